The van der Waals surface area contributed by atoms with Gasteiger partial charge in [-0.05, 0) is 43.7 Å². The summed E-state index contributed by atoms with van der Waals surface area (Å²) in [5.74, 6) is -1.28. The molecule has 0 heterocycles. The Morgan fingerprint density at radius 1 is 1.21 bits per heavy atom. The van der Waals surface area contributed by atoms with E-state index < -0.39 is 5.97 Å². The first kappa shape index (κ1) is 15.5. The van der Waals surface area contributed by atoms with E-state index in [1.165, 1.54) is 4.90 Å². The zero-order chi connectivity index (χ0) is 14.3. The van der Waals surface area contributed by atoms with E-state index in [4.69, 9.17) is 22.4 Å². The van der Waals surface area contributed by atoms with E-state index in [1.807, 2.05) is 0 Å². The summed E-state index contributed by atoms with van der Waals surface area (Å²) in [5, 5.41) is 9.42. The number of aliphatic carboxylic acids is 1. The molecule has 19 heavy (non-hydrogen) atoms. The van der Waals surface area contributed by atoms with Crippen LogP contribution in [-0.4, -0.2) is 30.1 Å². The van der Waals surface area contributed by atoms with Crippen molar-refractivity contribution < 1.29 is 14.7 Å². The molecule has 0 aliphatic heterocycles. The normalized spacial score (nSPS) is 10.2. The first-order valence-electron chi connectivity index (χ1n) is 6.02. The van der Waals surface area contributed by atoms with Crippen LogP contribution in [0.2, 0.25) is 5.02 Å². The Labute approximate surface area is 117 Å². The number of unbranched alkanes of at least 4 members (excludes halogenated alkanes) is 1. The Morgan fingerprint density at radius 2 is 1.84 bits per heavy atom. The topological polar surface area (TPSA) is 83.6 Å². The lowest BCUT2D eigenvalue weighted by atomic mass is 10.2. The third-order valence-corrected chi connectivity index (χ3v) is 2.83. The zero-order valence-corrected chi connectivity index (χ0v) is 11.3. The Bertz CT molecular complexity index is 434. The van der Waals surface area contributed by atoms with E-state index in [9.17, 15) is 9.59 Å². The van der Waals surface area contributed by atoms with Gasteiger partial charge in [0.1, 0.15) is 6.54 Å². The summed E-state index contributed by atoms with van der Waals surface area (Å²) in [6.07, 6.45) is 1.68. The van der Waals surface area contributed by atoms with Crippen LogP contribution in [0.1, 0.15) is 19.3 Å². The smallest absolute Gasteiger partial charge is 0.323 e. The van der Waals surface area contributed by atoms with Crippen molar-refractivity contribution in [3.8, 4) is 0 Å². The molecule has 1 aromatic carbocycles. The van der Waals surface area contributed by atoms with Crippen molar-refractivity contribution in [2.45, 2.75) is 19.3 Å². The first-order valence-corrected chi connectivity index (χ1v) is 6.40. The molecule has 1 aromatic rings. The highest BCUT2D eigenvalue weighted by Gasteiger charge is 2.18. The largest absolute Gasteiger partial charge is 0.480 e. The number of hydrogen-bond acceptors (Lipinski definition) is 3. The van der Waals surface area contributed by atoms with Crippen LogP contribution >= 0.6 is 11.6 Å². The van der Waals surface area contributed by atoms with Crippen LogP contribution in [0.4, 0.5) is 5.69 Å². The van der Waals surface area contributed by atoms with Gasteiger partial charge in [0.05, 0.1) is 0 Å². The molecule has 6 heteroatoms. The predicted octanol–water partition coefficient (Wildman–Crippen LogP) is 1.89. The standard InChI is InChI=1S/C13H17ClN2O3/c14-10-4-6-11(7-5-10)16(9-13(18)19)12(17)3-1-2-8-15/h4-7H,1-3,8-9,15H2,(H,18,19). The SMILES string of the molecule is NCCCCC(=O)N(CC(=O)O)c1ccc(Cl)cc1. The average Bonchev–Trinajstić information content (AvgIpc) is 2.37. The molecule has 0 atom stereocenters. The van der Waals surface area contributed by atoms with Crippen molar-refractivity contribution >= 4 is 29.2 Å². The van der Waals surface area contributed by atoms with Crippen molar-refractivity contribution in [1.29, 1.82) is 0 Å². The molecule has 5 nitrogen and oxygen atoms in total. The van der Waals surface area contributed by atoms with Gasteiger partial charge >= 0.3 is 5.97 Å². The number of nitrogens with two attached hydrogens (primary N) is 1. The molecule has 3 N–H and O–H groups in total. The maximum absolute atomic E-state index is 12.0. The maximum atomic E-state index is 12.0. The lowest BCUT2D eigenvalue weighted by Crippen LogP contribution is -2.35. The van der Waals surface area contributed by atoms with Crippen molar-refractivity contribution in [3.05, 3.63) is 29.3 Å². The summed E-state index contributed by atoms with van der Waals surface area (Å²) in [5.41, 5.74) is 5.90. The molecule has 0 spiro atoms. The van der Waals surface area contributed by atoms with Gasteiger partial charge in [-0.15, -0.1) is 0 Å². The van der Waals surface area contributed by atoms with Gasteiger partial charge in [0, 0.05) is 17.1 Å². The third-order valence-electron chi connectivity index (χ3n) is 2.58. The van der Waals surface area contributed by atoms with Crippen molar-refractivity contribution in [2.75, 3.05) is 18.0 Å². The number of carboxylic acid groups (broad SMARTS) is 1. The molecule has 0 aliphatic carbocycles. The minimum atomic E-state index is -1.05. The third kappa shape index (κ3) is 5.28. The van der Waals surface area contributed by atoms with Gasteiger partial charge in [-0.3, -0.25) is 9.59 Å². The van der Waals surface area contributed by atoms with Crippen molar-refractivity contribution in [1.82, 2.24) is 0 Å². The number of benzene rings is 1. The number of amides is 1. The van der Waals surface area contributed by atoms with Gasteiger partial charge < -0.3 is 15.7 Å². The summed E-state index contributed by atoms with van der Waals surface area (Å²) in [4.78, 5) is 24.1. The minimum absolute atomic E-state index is 0.224. The summed E-state index contributed by atoms with van der Waals surface area (Å²) < 4.78 is 0. The van der Waals surface area contributed by atoms with E-state index in [-0.39, 0.29) is 18.9 Å². The van der Waals surface area contributed by atoms with Crippen LogP contribution in [0.15, 0.2) is 24.3 Å². The highest BCUT2D eigenvalue weighted by molar-refractivity contribution is 6.30. The van der Waals surface area contributed by atoms with E-state index in [2.05, 4.69) is 0 Å². The molecule has 0 fully saturated rings. The van der Waals surface area contributed by atoms with Crippen LogP contribution in [0.5, 0.6) is 0 Å². The molecule has 0 radical (unpaired) electrons. The first-order chi connectivity index (χ1) is 9.04. The maximum Gasteiger partial charge on any atom is 0.323 e. The number of carbonyl (C=O) groups excluding carboxylic acids is 1. The Balaban J connectivity index is 2.79. The molecule has 0 unspecified atom stereocenters. The lowest BCUT2D eigenvalue weighted by Gasteiger charge is -2.21. The van der Waals surface area contributed by atoms with Crippen LogP contribution in [0, 0.1) is 0 Å². The van der Waals surface area contributed by atoms with Gasteiger partial charge in [-0.25, -0.2) is 0 Å². The zero-order valence-electron chi connectivity index (χ0n) is 10.5. The minimum Gasteiger partial charge on any atom is -0.480 e. The number of rotatable bonds is 7. The highest BCUT2D eigenvalue weighted by atomic mass is 35.5. The van der Waals surface area contributed by atoms with Gasteiger partial charge in [0.15, 0.2) is 0 Å². The van der Waals surface area contributed by atoms with Gasteiger partial charge in [-0.2, -0.15) is 0 Å². The summed E-state index contributed by atoms with van der Waals surface area (Å²) >= 11 is 5.77. The molecule has 0 aliphatic rings. The van der Waals surface area contributed by atoms with Crippen LogP contribution < -0.4 is 10.6 Å². The molecule has 1 amide bonds. The molecule has 1 rings (SSSR count). The number of carbonyl (C=O) groups is 2. The molecular formula is C13H17ClN2O3. The van der Waals surface area contributed by atoms with E-state index in [1.54, 1.807) is 24.3 Å². The highest BCUT2D eigenvalue weighted by Crippen LogP contribution is 2.19. The van der Waals surface area contributed by atoms with Crippen LogP contribution in [0.25, 0.3) is 0 Å². The summed E-state index contributed by atoms with van der Waals surface area (Å²) in [6, 6.07) is 6.51. The Kier molecular flexibility index (Phi) is 6.32. The molecule has 0 saturated heterocycles. The van der Waals surface area contributed by atoms with Gasteiger partial charge in [0.2, 0.25) is 5.91 Å². The molecular weight excluding hydrogens is 268 g/mol. The Hall–Kier alpha value is -1.59. The molecule has 0 bridgehead atoms. The van der Waals surface area contributed by atoms with Gasteiger partial charge in [0.25, 0.3) is 0 Å². The number of nitrogens with zero attached hydrogens (tertiary/aromatic N) is 1. The summed E-state index contributed by atoms with van der Waals surface area (Å²) in [6.45, 7) is 0.163. The van der Waals surface area contributed by atoms with Crippen molar-refractivity contribution in [2.24, 2.45) is 5.73 Å². The fourth-order valence-electron chi connectivity index (χ4n) is 1.64. The number of anilines is 1. The molecule has 0 saturated carbocycles. The van der Waals surface area contributed by atoms with Crippen LogP contribution in [0.3, 0.4) is 0 Å². The predicted molar refractivity (Wildman–Crippen MR) is 74.3 cm³/mol. The fraction of sp³-hybridized carbons (Fsp3) is 0.385. The Morgan fingerprint density at radius 3 is 2.37 bits per heavy atom. The van der Waals surface area contributed by atoms with E-state index >= 15 is 0 Å². The second kappa shape index (κ2) is 7.76. The number of hydrogen-bond donors (Lipinski definition) is 2. The van der Waals surface area contributed by atoms with E-state index in [0.717, 1.165) is 6.42 Å². The second-order valence-electron chi connectivity index (χ2n) is 4.10. The molecule has 104 valence electrons. The van der Waals surface area contributed by atoms with Crippen molar-refractivity contribution in [3.63, 3.8) is 0 Å². The number of carboxylic acids is 1. The molecule has 0 aromatic heterocycles. The second-order valence-corrected chi connectivity index (χ2v) is 4.53. The van der Waals surface area contributed by atoms with Gasteiger partial charge in [-0.1, -0.05) is 11.6 Å². The monoisotopic (exact) mass is 284 g/mol. The lowest BCUT2D eigenvalue weighted by molar-refractivity contribution is -0.136. The quantitative estimate of drug-likeness (QED) is 0.749. The van der Waals surface area contributed by atoms with E-state index in [0.29, 0.717) is 23.7 Å². The fourth-order valence-corrected chi connectivity index (χ4v) is 1.76. The average molecular weight is 285 g/mol. The summed E-state index contributed by atoms with van der Waals surface area (Å²) in [7, 11) is 0. The van der Waals surface area contributed by atoms with Crippen LogP contribution in [-0.2, 0) is 9.59 Å². The number of halogens is 1.